The van der Waals surface area contributed by atoms with Gasteiger partial charge in [0.2, 0.25) is 5.79 Å². The molecule has 2 aromatic carbocycles. The van der Waals surface area contributed by atoms with Crippen LogP contribution in [-0.4, -0.2) is 32.9 Å². The smallest absolute Gasteiger partial charge is 0.219 e. The summed E-state index contributed by atoms with van der Waals surface area (Å²) < 4.78 is 8.10. The van der Waals surface area contributed by atoms with Crippen molar-refractivity contribution in [2.45, 2.75) is 26.6 Å². The average molecular weight is 468 g/mol. The largest absolute Gasteiger partial charge is 0.378 e. The monoisotopic (exact) mass is 468 g/mol. The average Bonchev–Trinajstić information content (AvgIpc) is 2.59. The first kappa shape index (κ1) is 21.0. The number of hydrogen-bond acceptors (Lipinski definition) is 4. The minimum Gasteiger partial charge on any atom is -0.378 e. The second-order valence-corrected chi connectivity index (χ2v) is 9.41. The van der Waals surface area contributed by atoms with Crippen molar-refractivity contribution >= 4 is 34.2 Å². The van der Waals surface area contributed by atoms with Crippen LogP contribution in [0.5, 0.6) is 0 Å². The van der Waals surface area contributed by atoms with Gasteiger partial charge in [0.05, 0.1) is 29.5 Å². The van der Waals surface area contributed by atoms with Crippen molar-refractivity contribution in [3.63, 3.8) is 0 Å². The molecular formula is C21H29IN2O2. The lowest BCUT2D eigenvalue weighted by molar-refractivity contribution is -0.194. The molecule has 0 aliphatic heterocycles. The van der Waals surface area contributed by atoms with Crippen molar-refractivity contribution in [2.24, 2.45) is 5.41 Å². The lowest BCUT2D eigenvalue weighted by Gasteiger charge is -2.33. The Bertz CT molecular complexity index is 653. The summed E-state index contributed by atoms with van der Waals surface area (Å²) in [6, 6.07) is 15.7. The van der Waals surface area contributed by atoms with Gasteiger partial charge in [-0.1, -0.05) is 45.0 Å². The van der Waals surface area contributed by atoms with Crippen LogP contribution in [0.15, 0.2) is 48.5 Å². The fourth-order valence-electron chi connectivity index (χ4n) is 2.53. The Morgan fingerprint density at radius 3 is 1.62 bits per heavy atom. The second kappa shape index (κ2) is 8.15. The molecule has 0 amide bonds. The van der Waals surface area contributed by atoms with Crippen LogP contribution in [0.3, 0.4) is 0 Å². The molecule has 0 radical (unpaired) electrons. The highest BCUT2D eigenvalue weighted by Crippen LogP contribution is 2.35. The minimum atomic E-state index is -1.49. The first-order valence-electron chi connectivity index (χ1n) is 8.67. The number of aliphatic hydroxyl groups is 1. The van der Waals surface area contributed by atoms with E-state index >= 15 is 0 Å². The van der Waals surface area contributed by atoms with Crippen molar-refractivity contribution in [1.29, 1.82) is 0 Å². The predicted molar refractivity (Wildman–Crippen MR) is 118 cm³/mol. The molecule has 142 valence electrons. The highest BCUT2D eigenvalue weighted by atomic mass is 127. The van der Waals surface area contributed by atoms with E-state index in [0.29, 0.717) is 6.61 Å². The summed E-state index contributed by atoms with van der Waals surface area (Å²) in [6.07, 6.45) is 0. The molecule has 4 nitrogen and oxygen atoms in total. The molecule has 1 atom stereocenters. The highest BCUT2D eigenvalue weighted by Gasteiger charge is 2.34. The minimum absolute atomic E-state index is 0.0556. The van der Waals surface area contributed by atoms with Crippen molar-refractivity contribution in [1.82, 2.24) is 0 Å². The van der Waals surface area contributed by atoms with E-state index in [0.717, 1.165) is 22.5 Å². The molecule has 0 bridgehead atoms. The van der Waals surface area contributed by atoms with Gasteiger partial charge >= 0.3 is 0 Å². The Labute approximate surface area is 171 Å². The van der Waals surface area contributed by atoms with Gasteiger partial charge in [-0.05, 0) is 29.7 Å². The lowest BCUT2D eigenvalue weighted by Crippen LogP contribution is -2.34. The summed E-state index contributed by atoms with van der Waals surface area (Å²) in [5.41, 5.74) is 3.54. The van der Waals surface area contributed by atoms with Crippen LogP contribution in [0.1, 0.15) is 31.9 Å². The van der Waals surface area contributed by atoms with E-state index < -0.39 is 5.79 Å². The maximum atomic E-state index is 11.5. The van der Waals surface area contributed by atoms with Crippen LogP contribution >= 0.6 is 22.9 Å². The Morgan fingerprint density at radius 1 is 0.846 bits per heavy atom. The van der Waals surface area contributed by atoms with E-state index in [1.165, 1.54) is 0 Å². The number of ether oxygens (including phenoxy) is 1. The molecule has 1 N–H and O–H groups in total. The first-order valence-corrected chi connectivity index (χ1v) is 9.64. The van der Waals surface area contributed by atoms with E-state index in [4.69, 9.17) is 4.74 Å². The SMILES string of the molecule is CN(C)c1ccc(C(O)(OCC(C)(C)C)c2ccc(N(C)I)cc2)cc1. The molecule has 0 fully saturated rings. The fourth-order valence-corrected chi connectivity index (χ4v) is 2.85. The number of benzene rings is 2. The molecule has 0 aliphatic carbocycles. The van der Waals surface area contributed by atoms with E-state index in [9.17, 15) is 5.11 Å². The van der Waals surface area contributed by atoms with Gasteiger partial charge in [0.1, 0.15) is 0 Å². The number of nitrogens with zero attached hydrogens (tertiary/aromatic N) is 2. The molecule has 0 saturated heterocycles. The summed E-state index contributed by atoms with van der Waals surface area (Å²) >= 11 is 2.22. The zero-order valence-electron chi connectivity index (χ0n) is 16.5. The zero-order valence-corrected chi connectivity index (χ0v) is 18.6. The molecule has 1 unspecified atom stereocenters. The Hall–Kier alpha value is -1.31. The Kier molecular flexibility index (Phi) is 6.58. The van der Waals surface area contributed by atoms with Gasteiger partial charge in [-0.15, -0.1) is 0 Å². The molecule has 2 aromatic rings. The van der Waals surface area contributed by atoms with Crippen LogP contribution in [0.2, 0.25) is 0 Å². The fraction of sp³-hybridized carbons (Fsp3) is 0.429. The number of anilines is 2. The molecule has 26 heavy (non-hydrogen) atoms. The van der Waals surface area contributed by atoms with Crippen LogP contribution in [0, 0.1) is 5.41 Å². The third-order valence-electron chi connectivity index (χ3n) is 4.10. The molecular weight excluding hydrogens is 439 g/mol. The van der Waals surface area contributed by atoms with Crippen molar-refractivity contribution in [3.05, 3.63) is 59.7 Å². The van der Waals surface area contributed by atoms with Crippen LogP contribution < -0.4 is 8.01 Å². The molecule has 0 heterocycles. The summed E-state index contributed by atoms with van der Waals surface area (Å²) in [6.45, 7) is 6.72. The molecule has 2 rings (SSSR count). The summed E-state index contributed by atoms with van der Waals surface area (Å²) in [5, 5.41) is 11.5. The van der Waals surface area contributed by atoms with Gasteiger partial charge in [-0.2, -0.15) is 0 Å². The van der Waals surface area contributed by atoms with E-state index in [1.807, 2.05) is 77.7 Å². The number of halogens is 1. The summed E-state index contributed by atoms with van der Waals surface area (Å²) in [4.78, 5) is 2.03. The third-order valence-corrected chi connectivity index (χ3v) is 4.66. The zero-order chi connectivity index (χ0) is 19.5. The molecule has 0 spiro atoms. The van der Waals surface area contributed by atoms with Gasteiger partial charge < -0.3 is 17.9 Å². The number of rotatable bonds is 6. The van der Waals surface area contributed by atoms with Crippen molar-refractivity contribution in [3.8, 4) is 0 Å². The molecule has 0 aromatic heterocycles. The normalized spacial score (nSPS) is 14.0. The topological polar surface area (TPSA) is 35.9 Å². The lowest BCUT2D eigenvalue weighted by atomic mass is 9.94. The van der Waals surface area contributed by atoms with Crippen LogP contribution in [0.4, 0.5) is 11.4 Å². The quantitative estimate of drug-likeness (QED) is 0.376. The standard InChI is InChI=1S/C21H29IN2O2/c1-20(2,3)15-26-21(25,16-7-11-18(12-8-16)23(4)5)17-9-13-19(14-10-17)24(6)22/h7-14,25H,15H2,1-6H3. The van der Waals surface area contributed by atoms with Crippen molar-refractivity contribution < 1.29 is 9.84 Å². The number of hydrogen-bond donors (Lipinski definition) is 1. The Balaban J connectivity index is 2.44. The first-order chi connectivity index (χ1) is 12.0. The van der Waals surface area contributed by atoms with Gasteiger partial charge in [0.25, 0.3) is 0 Å². The van der Waals surface area contributed by atoms with E-state index in [1.54, 1.807) is 0 Å². The van der Waals surface area contributed by atoms with Crippen molar-refractivity contribution in [2.75, 3.05) is 35.8 Å². The van der Waals surface area contributed by atoms with Crippen LogP contribution in [-0.2, 0) is 10.5 Å². The molecule has 0 aliphatic rings. The summed E-state index contributed by atoms with van der Waals surface area (Å²) in [5.74, 6) is -1.49. The van der Waals surface area contributed by atoms with E-state index in [-0.39, 0.29) is 5.41 Å². The summed E-state index contributed by atoms with van der Waals surface area (Å²) in [7, 11) is 5.98. The molecule has 0 saturated carbocycles. The van der Waals surface area contributed by atoms with Gasteiger partial charge in [0, 0.05) is 43.6 Å². The van der Waals surface area contributed by atoms with Gasteiger partial charge in [0.15, 0.2) is 0 Å². The van der Waals surface area contributed by atoms with E-state index in [2.05, 4.69) is 43.6 Å². The third kappa shape index (κ3) is 5.11. The highest BCUT2D eigenvalue weighted by molar-refractivity contribution is 14.1. The van der Waals surface area contributed by atoms with Crippen LogP contribution in [0.25, 0.3) is 0 Å². The van der Waals surface area contributed by atoms with Gasteiger partial charge in [-0.25, -0.2) is 0 Å². The maximum absolute atomic E-state index is 11.5. The maximum Gasteiger partial charge on any atom is 0.219 e. The van der Waals surface area contributed by atoms with Gasteiger partial charge in [-0.3, -0.25) is 0 Å². The predicted octanol–water partition coefficient (Wildman–Crippen LogP) is 4.79. The Morgan fingerprint density at radius 2 is 1.27 bits per heavy atom. The molecule has 5 heteroatoms. The second-order valence-electron chi connectivity index (χ2n) is 7.96.